The van der Waals surface area contributed by atoms with E-state index in [0.29, 0.717) is 0 Å². The molecule has 0 aliphatic carbocycles. The predicted octanol–water partition coefficient (Wildman–Crippen LogP) is -0.436. The molecule has 30 valence electrons. The normalized spacial score (nSPS) is 5.50. The Bertz CT molecular complexity index is 46.1. The van der Waals surface area contributed by atoms with Gasteiger partial charge in [0, 0.05) is 7.05 Å². The Hall–Kier alpha value is 0.444. The Balaban J connectivity index is 0. The third-order valence-electron chi connectivity index (χ3n) is 0.279. The van der Waals surface area contributed by atoms with Crippen molar-refractivity contribution in [2.75, 3.05) is 7.05 Å². The molecule has 0 saturated heterocycles. The minimum atomic E-state index is -0.245. The second-order valence-corrected chi connectivity index (χ2v) is 0.673. The molecule has 0 aliphatic heterocycles. The van der Waals surface area contributed by atoms with Crippen molar-refractivity contribution in [1.82, 2.24) is 5.32 Å². The van der Waals surface area contributed by atoms with E-state index in [0.717, 1.165) is 0 Å². The Morgan fingerprint density at radius 3 is 2.00 bits per heavy atom. The van der Waals surface area contributed by atoms with E-state index < -0.39 is 0 Å². The second-order valence-electron chi connectivity index (χ2n) is 0.673. The molecule has 0 aromatic rings. The van der Waals surface area contributed by atoms with Crippen molar-refractivity contribution in [3.8, 4) is 0 Å². The van der Waals surface area contributed by atoms with Crippen LogP contribution in [0, 0.1) is 6.92 Å². The van der Waals surface area contributed by atoms with Crippen molar-refractivity contribution in [3.63, 3.8) is 0 Å². The molecule has 3 heteroatoms. The first-order chi connectivity index (χ1) is 2.27. The van der Waals surface area contributed by atoms with Gasteiger partial charge in [0.15, 0.2) is 0 Å². The Morgan fingerprint density at radius 1 is 1.83 bits per heavy atom. The molecule has 0 rings (SSSR count). The van der Waals surface area contributed by atoms with E-state index in [-0.39, 0.29) is 38.6 Å². The van der Waals surface area contributed by atoms with Gasteiger partial charge in [0.05, 0.1) is 5.91 Å². The van der Waals surface area contributed by atoms with Gasteiger partial charge in [-0.05, 0) is 0 Å². The quantitative estimate of drug-likeness (QED) is 0.479. The van der Waals surface area contributed by atoms with Gasteiger partial charge in [-0.3, -0.25) is 0 Å². The van der Waals surface area contributed by atoms with Gasteiger partial charge in [0.25, 0.3) is 0 Å². The van der Waals surface area contributed by atoms with Crippen LogP contribution in [0.15, 0.2) is 0 Å². The van der Waals surface area contributed by atoms with Crippen molar-refractivity contribution in [2.24, 2.45) is 0 Å². The van der Waals surface area contributed by atoms with Crippen molar-refractivity contribution in [2.45, 2.75) is 0 Å². The van der Waals surface area contributed by atoms with Gasteiger partial charge in [0.1, 0.15) is 0 Å². The molecule has 0 spiro atoms. The van der Waals surface area contributed by atoms with Crippen molar-refractivity contribution in [3.05, 3.63) is 6.92 Å². The standard InChI is InChI=1S/C3H6NO.Y/c1-3(5)4-2;/h1H2,2H3,(H,4,5);/q-1;+3. The van der Waals surface area contributed by atoms with E-state index >= 15 is 0 Å². The van der Waals surface area contributed by atoms with Crippen LogP contribution >= 0.6 is 0 Å². The summed E-state index contributed by atoms with van der Waals surface area (Å²) in [7, 11) is 1.54. The number of carbonyl (C=O) groups excluding carboxylic acids is 1. The summed E-state index contributed by atoms with van der Waals surface area (Å²) in [6.07, 6.45) is 0. The molecule has 0 unspecified atom stereocenters. The number of hydrogen-bond acceptors (Lipinski definition) is 1. The van der Waals surface area contributed by atoms with Crippen LogP contribution in [-0.4, -0.2) is 13.0 Å². The van der Waals surface area contributed by atoms with Crippen LogP contribution in [-0.2, 0) is 37.5 Å². The molecule has 0 atom stereocenters. The number of amides is 1. The summed E-state index contributed by atoms with van der Waals surface area (Å²) in [5.74, 6) is -0.245. The fourth-order valence-electron chi connectivity index (χ4n) is 0. The minimum absolute atomic E-state index is 0. The van der Waals surface area contributed by atoms with Gasteiger partial charge in [-0.2, -0.15) is 0 Å². The minimum Gasteiger partial charge on any atom is -0.384 e. The Kier molecular flexibility index (Phi) is 8.77. The van der Waals surface area contributed by atoms with Crippen LogP contribution in [0.4, 0.5) is 0 Å². The molecule has 0 aliphatic rings. The first kappa shape index (κ1) is 9.67. The summed E-state index contributed by atoms with van der Waals surface area (Å²) in [6, 6.07) is 0. The van der Waals surface area contributed by atoms with Crippen LogP contribution in [0.1, 0.15) is 0 Å². The maximum atomic E-state index is 9.59. The molecular formula is C3H6NOY+2. The fourth-order valence-corrected chi connectivity index (χ4v) is 0. The maximum Gasteiger partial charge on any atom is 3.00 e. The summed E-state index contributed by atoms with van der Waals surface area (Å²) in [4.78, 5) is 9.59. The third kappa shape index (κ3) is 8.82. The van der Waals surface area contributed by atoms with Crippen LogP contribution in [0.25, 0.3) is 0 Å². The molecule has 1 amide bonds. The zero-order valence-electron chi connectivity index (χ0n) is 3.69. The van der Waals surface area contributed by atoms with Crippen LogP contribution in [0.5, 0.6) is 0 Å². The number of rotatable bonds is 0. The largest absolute Gasteiger partial charge is 3.00 e. The van der Waals surface area contributed by atoms with Gasteiger partial charge >= 0.3 is 32.7 Å². The monoisotopic (exact) mass is 161 g/mol. The van der Waals surface area contributed by atoms with E-state index in [4.69, 9.17) is 0 Å². The first-order valence-corrected chi connectivity index (χ1v) is 1.31. The molecular weight excluding hydrogens is 155 g/mol. The van der Waals surface area contributed by atoms with Gasteiger partial charge in [0.2, 0.25) is 0 Å². The van der Waals surface area contributed by atoms with Gasteiger partial charge in [-0.1, -0.05) is 0 Å². The summed E-state index contributed by atoms with van der Waals surface area (Å²) in [6.45, 7) is 3.01. The van der Waals surface area contributed by atoms with E-state index in [9.17, 15) is 4.79 Å². The third-order valence-corrected chi connectivity index (χ3v) is 0.279. The molecule has 0 saturated carbocycles. The molecule has 0 bridgehead atoms. The summed E-state index contributed by atoms with van der Waals surface area (Å²) >= 11 is 0. The molecule has 0 heterocycles. The molecule has 0 aromatic carbocycles. The maximum absolute atomic E-state index is 9.59. The molecule has 6 heavy (non-hydrogen) atoms. The molecule has 0 aromatic heterocycles. The van der Waals surface area contributed by atoms with Crippen LogP contribution in [0.2, 0.25) is 0 Å². The zero-order valence-corrected chi connectivity index (χ0v) is 6.53. The summed E-state index contributed by atoms with van der Waals surface area (Å²) < 4.78 is 0. The summed E-state index contributed by atoms with van der Waals surface area (Å²) in [5, 5.41) is 2.28. The smallest absolute Gasteiger partial charge is 0.384 e. The van der Waals surface area contributed by atoms with E-state index in [1.165, 1.54) is 7.05 Å². The van der Waals surface area contributed by atoms with E-state index in [1.807, 2.05) is 0 Å². The first-order valence-electron chi connectivity index (χ1n) is 1.31. The van der Waals surface area contributed by atoms with Gasteiger partial charge in [-0.15, -0.1) is 0 Å². The van der Waals surface area contributed by atoms with Crippen molar-refractivity contribution >= 4 is 5.91 Å². The SMILES string of the molecule is [CH2-]C(=O)NC.[Y+3]. The average Bonchev–Trinajstić information content (AvgIpc) is 1.38. The molecule has 2 nitrogen and oxygen atoms in total. The van der Waals surface area contributed by atoms with Crippen molar-refractivity contribution in [1.29, 1.82) is 0 Å². The van der Waals surface area contributed by atoms with Gasteiger partial charge in [-0.25, -0.2) is 0 Å². The number of carbonyl (C=O) groups is 1. The molecule has 1 N–H and O–H groups in total. The number of hydrogen-bond donors (Lipinski definition) is 1. The number of nitrogens with one attached hydrogen (secondary N) is 1. The van der Waals surface area contributed by atoms with Crippen LogP contribution < -0.4 is 5.32 Å². The van der Waals surface area contributed by atoms with Crippen molar-refractivity contribution < 1.29 is 37.5 Å². The molecule has 0 fully saturated rings. The zero-order chi connectivity index (χ0) is 4.28. The second kappa shape index (κ2) is 5.44. The Morgan fingerprint density at radius 2 is 2.00 bits per heavy atom. The van der Waals surface area contributed by atoms with E-state index in [1.54, 1.807) is 0 Å². The van der Waals surface area contributed by atoms with Crippen LogP contribution in [0.3, 0.4) is 0 Å². The van der Waals surface area contributed by atoms with Gasteiger partial charge < -0.3 is 17.0 Å². The summed E-state index contributed by atoms with van der Waals surface area (Å²) in [5.41, 5.74) is 0. The molecule has 0 radical (unpaired) electrons. The topological polar surface area (TPSA) is 29.1 Å². The Labute approximate surface area is 62.6 Å². The fraction of sp³-hybridized carbons (Fsp3) is 0.333. The van der Waals surface area contributed by atoms with E-state index in [2.05, 4.69) is 12.2 Å². The average molecular weight is 161 g/mol. The predicted molar refractivity (Wildman–Crippen MR) is 19.4 cm³/mol.